The molecule has 4 nitrogen and oxygen atoms in total. The molecule has 6 heteroatoms. The van der Waals surface area contributed by atoms with E-state index in [1.54, 1.807) is 0 Å². The van der Waals surface area contributed by atoms with Crippen molar-refractivity contribution in [2.24, 2.45) is 0 Å². The van der Waals surface area contributed by atoms with Crippen molar-refractivity contribution in [3.05, 3.63) is 0 Å². The number of hydrogen-bond acceptors (Lipinski definition) is 6. The maximum absolute atomic E-state index is 5.52. The number of nitrogens with two attached hydrogens (primary N) is 1. The minimum atomic E-state index is 0.403. The van der Waals surface area contributed by atoms with Gasteiger partial charge in [-0.25, -0.2) is 0 Å². The molecule has 0 bridgehead atoms. The number of thioether (sulfide) groups is 1. The first kappa shape index (κ1) is 10.0. The molecule has 1 atom stereocenters. The summed E-state index contributed by atoms with van der Waals surface area (Å²) in [6, 6.07) is 0.623. The van der Waals surface area contributed by atoms with Gasteiger partial charge in [-0.3, -0.25) is 0 Å². The minimum absolute atomic E-state index is 0.403. The molecule has 1 fully saturated rings. The summed E-state index contributed by atoms with van der Waals surface area (Å²) >= 11 is 3.29. The molecule has 0 aromatic carbocycles. The smallest absolute Gasteiger partial charge is 0.233 e. The Kier molecular flexibility index (Phi) is 3.12. The van der Waals surface area contributed by atoms with Gasteiger partial charge in [0.1, 0.15) is 0 Å². The highest BCUT2D eigenvalue weighted by Crippen LogP contribution is 2.28. The van der Waals surface area contributed by atoms with E-state index in [0.717, 1.165) is 11.7 Å². The van der Waals surface area contributed by atoms with Crippen LogP contribution in [0.4, 0.5) is 11.1 Å². The van der Waals surface area contributed by atoms with Crippen molar-refractivity contribution in [1.82, 2.24) is 9.36 Å². The number of aromatic nitrogens is 2. The summed E-state index contributed by atoms with van der Waals surface area (Å²) in [5, 5.41) is 0.985. The lowest BCUT2D eigenvalue weighted by atomic mass is 10.2. The second kappa shape index (κ2) is 4.35. The number of hydrogen-bond donors (Lipinski definition) is 1. The highest BCUT2D eigenvalue weighted by Gasteiger charge is 2.26. The predicted molar refractivity (Wildman–Crippen MR) is 63.1 cm³/mol. The predicted octanol–water partition coefficient (Wildman–Crippen LogP) is 1.45. The van der Waals surface area contributed by atoms with Crippen LogP contribution in [0.2, 0.25) is 0 Å². The molecule has 0 saturated carbocycles. The molecule has 14 heavy (non-hydrogen) atoms. The van der Waals surface area contributed by atoms with Crippen molar-refractivity contribution in [3.8, 4) is 0 Å². The van der Waals surface area contributed by atoms with Gasteiger partial charge in [-0.05, 0) is 19.1 Å². The zero-order valence-corrected chi connectivity index (χ0v) is 9.77. The van der Waals surface area contributed by atoms with Crippen molar-refractivity contribution in [1.29, 1.82) is 0 Å². The first-order chi connectivity index (χ1) is 6.81. The van der Waals surface area contributed by atoms with E-state index in [2.05, 4.69) is 20.5 Å². The van der Waals surface area contributed by atoms with Crippen LogP contribution < -0.4 is 10.6 Å². The molecule has 0 amide bonds. The third kappa shape index (κ3) is 1.95. The van der Waals surface area contributed by atoms with Crippen molar-refractivity contribution in [2.45, 2.75) is 18.9 Å². The van der Waals surface area contributed by atoms with Gasteiger partial charge in [0.05, 0.1) is 0 Å². The van der Waals surface area contributed by atoms with Gasteiger partial charge in [0.15, 0.2) is 0 Å². The molecule has 2 rings (SSSR count). The lowest BCUT2D eigenvalue weighted by molar-refractivity contribution is 0.744. The van der Waals surface area contributed by atoms with Gasteiger partial charge in [-0.2, -0.15) is 21.1 Å². The average Bonchev–Trinajstić information content (AvgIpc) is 2.74. The maximum Gasteiger partial charge on any atom is 0.233 e. The van der Waals surface area contributed by atoms with Crippen LogP contribution in [0.5, 0.6) is 0 Å². The van der Waals surface area contributed by atoms with Gasteiger partial charge < -0.3 is 10.6 Å². The lowest BCUT2D eigenvalue weighted by Gasteiger charge is -2.22. The summed E-state index contributed by atoms with van der Waals surface area (Å²) < 4.78 is 4.02. The van der Waals surface area contributed by atoms with Crippen LogP contribution in [0.3, 0.4) is 0 Å². The van der Waals surface area contributed by atoms with E-state index in [4.69, 9.17) is 5.73 Å². The average molecular weight is 230 g/mol. The standard InChI is InChI=1S/C8H14N4S2/c1-13-5-6-3-2-4-12(6)8-10-7(9)11-14-8/h6H,2-5H2,1H3,(H2,9,11). The third-order valence-electron chi connectivity index (χ3n) is 2.41. The maximum atomic E-state index is 5.52. The van der Waals surface area contributed by atoms with Gasteiger partial charge in [0.2, 0.25) is 11.1 Å². The van der Waals surface area contributed by atoms with Gasteiger partial charge in [0.25, 0.3) is 0 Å². The monoisotopic (exact) mass is 230 g/mol. The number of anilines is 2. The van der Waals surface area contributed by atoms with E-state index in [-0.39, 0.29) is 0 Å². The SMILES string of the molecule is CSCC1CCCN1c1nc(N)ns1. The fourth-order valence-corrected chi connectivity index (χ4v) is 3.22. The van der Waals surface area contributed by atoms with E-state index in [1.165, 1.54) is 30.1 Å². The second-order valence-electron chi connectivity index (χ2n) is 3.38. The first-order valence-electron chi connectivity index (χ1n) is 4.66. The highest BCUT2D eigenvalue weighted by molar-refractivity contribution is 7.98. The van der Waals surface area contributed by atoms with E-state index >= 15 is 0 Å². The number of nitrogen functional groups attached to an aromatic ring is 1. The third-order valence-corrected chi connectivity index (χ3v) is 3.90. The van der Waals surface area contributed by atoms with E-state index in [1.807, 2.05) is 11.8 Å². The van der Waals surface area contributed by atoms with Crippen LogP contribution >= 0.6 is 23.3 Å². The molecule has 1 aliphatic heterocycles. The van der Waals surface area contributed by atoms with Crippen LogP contribution in [0, 0.1) is 0 Å². The number of nitrogens with zero attached hydrogens (tertiary/aromatic N) is 3. The Labute approximate surface area is 92.1 Å². The van der Waals surface area contributed by atoms with E-state index in [0.29, 0.717) is 12.0 Å². The topological polar surface area (TPSA) is 55.0 Å². The molecule has 0 spiro atoms. The Balaban J connectivity index is 2.09. The molecule has 1 unspecified atom stereocenters. The van der Waals surface area contributed by atoms with Crippen molar-refractivity contribution < 1.29 is 0 Å². The summed E-state index contributed by atoms with van der Waals surface area (Å²) in [6.07, 6.45) is 4.66. The molecule has 1 aromatic rings. The Morgan fingerprint density at radius 2 is 2.57 bits per heavy atom. The second-order valence-corrected chi connectivity index (χ2v) is 5.02. The molecule has 1 saturated heterocycles. The molecular formula is C8H14N4S2. The van der Waals surface area contributed by atoms with Crippen LogP contribution in [0.25, 0.3) is 0 Å². The zero-order chi connectivity index (χ0) is 9.97. The normalized spacial score (nSPS) is 21.8. The van der Waals surface area contributed by atoms with Crippen LogP contribution in [-0.4, -0.2) is 34.0 Å². The van der Waals surface area contributed by atoms with Crippen molar-refractivity contribution >= 4 is 34.4 Å². The highest BCUT2D eigenvalue weighted by atomic mass is 32.2. The molecule has 2 N–H and O–H groups in total. The van der Waals surface area contributed by atoms with Crippen molar-refractivity contribution in [3.63, 3.8) is 0 Å². The Bertz CT molecular complexity index is 301. The summed E-state index contributed by atoms with van der Waals surface area (Å²) in [5.74, 6) is 1.57. The minimum Gasteiger partial charge on any atom is -0.367 e. The lowest BCUT2D eigenvalue weighted by Crippen LogP contribution is -2.30. The Hall–Kier alpha value is -0.490. The Morgan fingerprint density at radius 3 is 3.21 bits per heavy atom. The fourth-order valence-electron chi connectivity index (χ4n) is 1.80. The summed E-state index contributed by atoms with van der Waals surface area (Å²) in [5.41, 5.74) is 5.52. The van der Waals surface area contributed by atoms with Crippen LogP contribution in [0.1, 0.15) is 12.8 Å². The van der Waals surface area contributed by atoms with Crippen LogP contribution in [0.15, 0.2) is 0 Å². The quantitative estimate of drug-likeness (QED) is 0.852. The molecular weight excluding hydrogens is 216 g/mol. The summed E-state index contributed by atoms with van der Waals surface area (Å²) in [7, 11) is 0. The molecule has 2 heterocycles. The summed E-state index contributed by atoms with van der Waals surface area (Å²) in [6.45, 7) is 1.10. The zero-order valence-electron chi connectivity index (χ0n) is 8.14. The van der Waals surface area contributed by atoms with Gasteiger partial charge >= 0.3 is 0 Å². The largest absolute Gasteiger partial charge is 0.367 e. The molecule has 1 aliphatic rings. The van der Waals surface area contributed by atoms with E-state index < -0.39 is 0 Å². The Morgan fingerprint density at radius 1 is 1.71 bits per heavy atom. The van der Waals surface area contributed by atoms with E-state index in [9.17, 15) is 0 Å². The van der Waals surface area contributed by atoms with Crippen molar-refractivity contribution in [2.75, 3.05) is 29.2 Å². The van der Waals surface area contributed by atoms with Gasteiger partial charge in [-0.1, -0.05) is 0 Å². The van der Waals surface area contributed by atoms with Gasteiger partial charge in [-0.15, -0.1) is 0 Å². The summed E-state index contributed by atoms with van der Waals surface area (Å²) in [4.78, 5) is 6.56. The molecule has 1 aromatic heterocycles. The molecule has 0 aliphatic carbocycles. The fraction of sp³-hybridized carbons (Fsp3) is 0.750. The van der Waals surface area contributed by atoms with Crippen LogP contribution in [-0.2, 0) is 0 Å². The molecule has 78 valence electrons. The van der Waals surface area contributed by atoms with Gasteiger partial charge in [0, 0.05) is 29.9 Å². The first-order valence-corrected chi connectivity index (χ1v) is 6.82. The molecule has 0 radical (unpaired) electrons. The number of rotatable bonds is 3.